The highest BCUT2D eigenvalue weighted by Crippen LogP contribution is 2.54. The number of phenols is 1. The maximum atomic E-state index is 14.0. The Balaban J connectivity index is 1.89. The second-order valence-corrected chi connectivity index (χ2v) is 11.4. The lowest BCUT2D eigenvalue weighted by Gasteiger charge is -2.50. The number of phenolic OH excluding ortho intramolecular Hbond substituents is 1. The molecule has 222 valence electrons. The van der Waals surface area contributed by atoms with Crippen LogP contribution in [0.3, 0.4) is 0 Å². The Bertz CT molecular complexity index is 1400. The third kappa shape index (κ3) is 4.69. The number of carbonyl (C=O) groups excluding carboxylic acids is 4. The summed E-state index contributed by atoms with van der Waals surface area (Å²) in [4.78, 5) is 55.0. The zero-order chi connectivity index (χ0) is 30.5. The summed E-state index contributed by atoms with van der Waals surface area (Å²) in [7, 11) is 6.70. The van der Waals surface area contributed by atoms with Crippen LogP contribution in [0.5, 0.6) is 5.75 Å². The van der Waals surface area contributed by atoms with Gasteiger partial charge >= 0.3 is 0 Å². The van der Waals surface area contributed by atoms with Gasteiger partial charge in [0, 0.05) is 37.7 Å². The molecule has 0 aromatic heterocycles. The Hall–Kier alpha value is -3.74. The quantitative estimate of drug-likeness (QED) is 0.221. The lowest BCUT2D eigenvalue weighted by Crippen LogP contribution is -2.65. The summed E-state index contributed by atoms with van der Waals surface area (Å²) >= 11 is 0. The standard InChI is InChI=1S/C29H38N4O8/c1-6-31-12-15(34)8-7-13-11-18(32(2)3)16-9-14-10-17-22(33(4)5)25(37)21(28(30)40)27(39)29(17,41)26(38)19(14)24(36)20(16)23(13)35/h11,14,17,22,31,35-36,39,41H,6-10,12H2,1-5H3,(H2,30,40)/t14-,17+,22?,29-/m0/s1. The van der Waals surface area contributed by atoms with E-state index in [1.165, 1.54) is 4.90 Å². The minimum atomic E-state index is -2.69. The van der Waals surface area contributed by atoms with Crippen molar-refractivity contribution in [3.05, 3.63) is 39.7 Å². The number of Topliss-reactive ketones (excluding diaryl/α,β-unsaturated/α-hetero) is 3. The van der Waals surface area contributed by atoms with E-state index < -0.39 is 58.0 Å². The largest absolute Gasteiger partial charge is 0.508 e. The molecular formula is C29H38N4O8. The van der Waals surface area contributed by atoms with Crippen molar-refractivity contribution in [3.63, 3.8) is 0 Å². The van der Waals surface area contributed by atoms with E-state index in [1.54, 1.807) is 34.3 Å². The van der Waals surface area contributed by atoms with Crippen molar-refractivity contribution in [2.75, 3.05) is 46.2 Å². The number of primary amides is 1. The number of carbonyl (C=O) groups is 4. The van der Waals surface area contributed by atoms with Crippen molar-refractivity contribution < 1.29 is 39.6 Å². The van der Waals surface area contributed by atoms with Crippen LogP contribution in [0.2, 0.25) is 0 Å². The van der Waals surface area contributed by atoms with Gasteiger partial charge in [-0.1, -0.05) is 6.92 Å². The number of hydrogen-bond donors (Lipinski definition) is 6. The first-order valence-electron chi connectivity index (χ1n) is 13.6. The normalized spacial score (nSPS) is 25.7. The number of likely N-dealkylation sites (N-methyl/N-ethyl adjacent to an activating group) is 2. The fourth-order valence-corrected chi connectivity index (χ4v) is 6.56. The number of rotatable bonds is 9. The van der Waals surface area contributed by atoms with Crippen LogP contribution in [0.15, 0.2) is 23.0 Å². The van der Waals surface area contributed by atoms with E-state index in [4.69, 9.17) is 5.73 Å². The zero-order valence-corrected chi connectivity index (χ0v) is 23.9. The second-order valence-electron chi connectivity index (χ2n) is 11.4. The average molecular weight is 571 g/mol. The highest BCUT2D eigenvalue weighted by Gasteiger charge is 2.64. The van der Waals surface area contributed by atoms with Crippen molar-refractivity contribution in [1.82, 2.24) is 10.2 Å². The molecule has 1 fully saturated rings. The Morgan fingerprint density at radius 1 is 1.15 bits per heavy atom. The zero-order valence-electron chi connectivity index (χ0n) is 23.9. The Labute approximate surface area is 238 Å². The van der Waals surface area contributed by atoms with Crippen molar-refractivity contribution in [2.24, 2.45) is 17.6 Å². The summed E-state index contributed by atoms with van der Waals surface area (Å²) in [5.74, 6) is -6.95. The van der Waals surface area contributed by atoms with Gasteiger partial charge in [0.05, 0.1) is 18.2 Å². The molecule has 3 aliphatic carbocycles. The van der Waals surface area contributed by atoms with E-state index in [-0.39, 0.29) is 54.9 Å². The van der Waals surface area contributed by atoms with Crippen molar-refractivity contribution in [2.45, 2.75) is 44.2 Å². The number of aliphatic hydroxyl groups excluding tert-OH is 2. The first-order valence-corrected chi connectivity index (χ1v) is 13.6. The number of fused-ring (bicyclic) bond motifs is 3. The van der Waals surface area contributed by atoms with E-state index in [0.29, 0.717) is 23.4 Å². The number of ketones is 3. The summed E-state index contributed by atoms with van der Waals surface area (Å²) in [5.41, 5.74) is 3.27. The summed E-state index contributed by atoms with van der Waals surface area (Å²) in [6, 6.07) is 0.616. The van der Waals surface area contributed by atoms with Crippen LogP contribution in [0.1, 0.15) is 36.5 Å². The van der Waals surface area contributed by atoms with Crippen LogP contribution in [0.25, 0.3) is 5.76 Å². The number of benzene rings is 1. The lowest BCUT2D eigenvalue weighted by molar-refractivity contribution is -0.153. The highest BCUT2D eigenvalue weighted by molar-refractivity contribution is 6.24. The van der Waals surface area contributed by atoms with E-state index in [0.717, 1.165) is 0 Å². The molecule has 1 saturated carbocycles. The fraction of sp³-hybridized carbons (Fsp3) is 0.517. The van der Waals surface area contributed by atoms with Crippen LogP contribution in [-0.2, 0) is 32.0 Å². The Kier molecular flexibility index (Phi) is 8.05. The molecule has 0 aliphatic heterocycles. The number of nitrogens with two attached hydrogens (primary N) is 1. The van der Waals surface area contributed by atoms with Gasteiger partial charge in [-0.05, 0) is 63.0 Å². The van der Waals surface area contributed by atoms with Crippen LogP contribution in [0.4, 0.5) is 5.69 Å². The summed E-state index contributed by atoms with van der Waals surface area (Å²) < 4.78 is 0. The second kappa shape index (κ2) is 10.9. The first-order chi connectivity index (χ1) is 19.2. The van der Waals surface area contributed by atoms with Gasteiger partial charge in [0.15, 0.2) is 11.4 Å². The minimum Gasteiger partial charge on any atom is -0.508 e. The lowest BCUT2D eigenvalue weighted by atomic mass is 9.57. The fourth-order valence-electron chi connectivity index (χ4n) is 6.56. The van der Waals surface area contributed by atoms with Gasteiger partial charge in [0.1, 0.15) is 28.6 Å². The SMILES string of the molecule is CCNCC(=O)CCc1cc(N(C)C)c2c(c1O)C(O)=C1C(=O)[C@]3(O)C(O)=C(C(N)=O)C(=O)C(N(C)C)[C@H]3C[C@@H]1C2. The monoisotopic (exact) mass is 570 g/mol. The predicted molar refractivity (Wildman–Crippen MR) is 150 cm³/mol. The number of hydrogen-bond acceptors (Lipinski definition) is 11. The molecule has 0 spiro atoms. The molecule has 0 saturated heterocycles. The maximum absolute atomic E-state index is 14.0. The highest BCUT2D eigenvalue weighted by atomic mass is 16.3. The van der Waals surface area contributed by atoms with Crippen molar-refractivity contribution in [3.8, 4) is 5.75 Å². The summed E-state index contributed by atoms with van der Waals surface area (Å²) in [5, 5.41) is 48.6. The molecule has 0 heterocycles. The van der Waals surface area contributed by atoms with Crippen LogP contribution >= 0.6 is 0 Å². The van der Waals surface area contributed by atoms with Crippen molar-refractivity contribution in [1.29, 1.82) is 0 Å². The van der Waals surface area contributed by atoms with Gasteiger partial charge < -0.3 is 36.4 Å². The molecule has 12 nitrogen and oxygen atoms in total. The van der Waals surface area contributed by atoms with E-state index in [1.807, 2.05) is 11.8 Å². The van der Waals surface area contributed by atoms with Crippen LogP contribution in [0, 0.1) is 11.8 Å². The summed E-state index contributed by atoms with van der Waals surface area (Å²) in [6.07, 6.45) is 0.532. The van der Waals surface area contributed by atoms with Gasteiger partial charge in [-0.3, -0.25) is 24.1 Å². The molecule has 0 bridgehead atoms. The third-order valence-corrected chi connectivity index (χ3v) is 8.50. The van der Waals surface area contributed by atoms with E-state index in [2.05, 4.69) is 5.32 Å². The Morgan fingerprint density at radius 3 is 2.37 bits per heavy atom. The average Bonchev–Trinajstić information content (AvgIpc) is 2.88. The minimum absolute atomic E-state index is 0.0140. The predicted octanol–water partition coefficient (Wildman–Crippen LogP) is 0.141. The molecule has 4 rings (SSSR count). The van der Waals surface area contributed by atoms with E-state index >= 15 is 0 Å². The number of aromatic hydroxyl groups is 1. The first kappa shape index (κ1) is 30.2. The van der Waals surface area contributed by atoms with Gasteiger partial charge in [-0.15, -0.1) is 0 Å². The smallest absolute Gasteiger partial charge is 0.255 e. The summed E-state index contributed by atoms with van der Waals surface area (Å²) in [6.45, 7) is 2.71. The van der Waals surface area contributed by atoms with Gasteiger partial charge in [0.2, 0.25) is 5.78 Å². The Morgan fingerprint density at radius 2 is 1.80 bits per heavy atom. The number of aryl methyl sites for hydroxylation is 1. The molecule has 1 aromatic carbocycles. The van der Waals surface area contributed by atoms with Gasteiger partial charge in [0.25, 0.3) is 5.91 Å². The molecule has 1 amide bonds. The number of nitrogens with zero attached hydrogens (tertiary/aromatic N) is 2. The molecular weight excluding hydrogens is 532 g/mol. The molecule has 0 radical (unpaired) electrons. The van der Waals surface area contributed by atoms with E-state index in [9.17, 15) is 39.6 Å². The van der Waals surface area contributed by atoms with Gasteiger partial charge in [-0.25, -0.2) is 0 Å². The number of amides is 1. The molecule has 1 aromatic rings. The number of nitrogens with one attached hydrogen (secondary N) is 1. The third-order valence-electron chi connectivity index (χ3n) is 8.50. The number of anilines is 1. The molecule has 12 heteroatoms. The maximum Gasteiger partial charge on any atom is 0.255 e. The van der Waals surface area contributed by atoms with Crippen molar-refractivity contribution >= 4 is 34.7 Å². The van der Waals surface area contributed by atoms with Crippen LogP contribution in [-0.4, -0.2) is 102 Å². The number of aliphatic hydroxyl groups is 3. The topological polar surface area (TPSA) is 194 Å². The molecule has 3 aliphatic rings. The van der Waals surface area contributed by atoms with Crippen LogP contribution < -0.4 is 16.0 Å². The molecule has 4 atom stereocenters. The molecule has 1 unspecified atom stereocenters. The molecule has 41 heavy (non-hydrogen) atoms. The molecule has 7 N–H and O–H groups in total. The van der Waals surface area contributed by atoms with Gasteiger partial charge in [-0.2, -0.15) is 0 Å².